The topological polar surface area (TPSA) is 63.1 Å². The third-order valence-electron chi connectivity index (χ3n) is 5.26. The summed E-state index contributed by atoms with van der Waals surface area (Å²) in [6.45, 7) is 8.74. The molecule has 3 aromatic rings. The van der Waals surface area contributed by atoms with Gasteiger partial charge in [0.25, 0.3) is 5.91 Å². The molecular weight excluding hydrogens is 370 g/mol. The molecule has 0 fully saturated rings. The maximum Gasteiger partial charge on any atom is 0.252 e. The summed E-state index contributed by atoms with van der Waals surface area (Å²) in [5.74, 6) is 0.628. The van der Waals surface area contributed by atoms with Gasteiger partial charge in [0.15, 0.2) is 5.82 Å². The van der Waals surface area contributed by atoms with Crippen LogP contribution in [0.5, 0.6) is 0 Å². The molecule has 4 rings (SSSR count). The number of aromatic nitrogens is 3. The van der Waals surface area contributed by atoms with Crippen LogP contribution in [0.25, 0.3) is 5.82 Å². The largest absolute Gasteiger partial charge is 0.350 e. The number of carbonyl (C=O) groups is 1. The zero-order valence-corrected chi connectivity index (χ0v) is 17.3. The van der Waals surface area contributed by atoms with Gasteiger partial charge >= 0.3 is 0 Å². The number of thiophene rings is 1. The van der Waals surface area contributed by atoms with E-state index in [0.717, 1.165) is 36.7 Å². The lowest BCUT2D eigenvalue weighted by molar-refractivity contribution is 0.0932. The van der Waals surface area contributed by atoms with Crippen molar-refractivity contribution >= 4 is 17.2 Å². The van der Waals surface area contributed by atoms with Crippen molar-refractivity contribution in [3.05, 3.63) is 63.2 Å². The first kappa shape index (κ1) is 18.8. The fraction of sp³-hybridized carbons (Fsp3) is 0.381. The number of hydrogen-bond donors (Lipinski definition) is 1. The Morgan fingerprint density at radius 1 is 1.32 bits per heavy atom. The summed E-state index contributed by atoms with van der Waals surface area (Å²) in [5.41, 5.74) is 3.96. The van der Waals surface area contributed by atoms with Crippen LogP contribution in [0.15, 0.2) is 35.8 Å². The van der Waals surface area contributed by atoms with Gasteiger partial charge in [-0.05, 0) is 62.4 Å². The second-order valence-corrected chi connectivity index (χ2v) is 8.39. The molecule has 0 aliphatic carbocycles. The molecule has 146 valence electrons. The summed E-state index contributed by atoms with van der Waals surface area (Å²) in [4.78, 5) is 20.9. The number of carbonyl (C=O) groups excluding carboxylic acids is 1. The molecule has 1 amide bonds. The van der Waals surface area contributed by atoms with Gasteiger partial charge in [0.1, 0.15) is 0 Å². The van der Waals surface area contributed by atoms with Crippen LogP contribution in [0.3, 0.4) is 0 Å². The van der Waals surface area contributed by atoms with Crippen molar-refractivity contribution in [2.75, 3.05) is 13.1 Å². The monoisotopic (exact) mass is 395 g/mol. The van der Waals surface area contributed by atoms with Gasteiger partial charge < -0.3 is 5.32 Å². The number of hydrogen-bond acceptors (Lipinski definition) is 5. The Morgan fingerprint density at radius 3 is 2.89 bits per heavy atom. The van der Waals surface area contributed by atoms with Crippen molar-refractivity contribution in [2.24, 2.45) is 0 Å². The van der Waals surface area contributed by atoms with Gasteiger partial charge in [-0.15, -0.1) is 11.3 Å². The van der Waals surface area contributed by atoms with Crippen molar-refractivity contribution < 1.29 is 4.79 Å². The number of amides is 1. The van der Waals surface area contributed by atoms with Crippen LogP contribution in [-0.4, -0.2) is 44.7 Å². The van der Waals surface area contributed by atoms with E-state index in [0.29, 0.717) is 18.2 Å². The Morgan fingerprint density at radius 2 is 2.18 bits per heavy atom. The predicted molar refractivity (Wildman–Crippen MR) is 111 cm³/mol. The second-order valence-electron chi connectivity index (χ2n) is 7.39. The molecule has 6 nitrogen and oxygen atoms in total. The summed E-state index contributed by atoms with van der Waals surface area (Å²) in [6.07, 6.45) is 2.72. The predicted octanol–water partition coefficient (Wildman–Crippen LogP) is 3.12. The normalized spacial score (nSPS) is 15.2. The molecule has 1 N–H and O–H groups in total. The Labute approximate surface area is 169 Å². The van der Waals surface area contributed by atoms with Crippen molar-refractivity contribution in [3.63, 3.8) is 0 Å². The number of aryl methyl sites for hydroxylation is 2. The zero-order valence-electron chi connectivity index (χ0n) is 16.5. The summed E-state index contributed by atoms with van der Waals surface area (Å²) in [5, 5.41) is 9.65. The molecule has 0 saturated carbocycles. The van der Waals surface area contributed by atoms with E-state index in [4.69, 9.17) is 0 Å². The fourth-order valence-corrected chi connectivity index (χ4v) is 4.51. The first-order valence-electron chi connectivity index (χ1n) is 9.58. The van der Waals surface area contributed by atoms with Crippen LogP contribution < -0.4 is 5.32 Å². The molecule has 1 aliphatic rings. The fourth-order valence-electron chi connectivity index (χ4n) is 3.62. The smallest absolute Gasteiger partial charge is 0.252 e. The minimum atomic E-state index is -0.0903. The second kappa shape index (κ2) is 7.85. The van der Waals surface area contributed by atoms with Gasteiger partial charge in [-0.2, -0.15) is 5.10 Å². The van der Waals surface area contributed by atoms with E-state index in [2.05, 4.69) is 38.7 Å². The van der Waals surface area contributed by atoms with Gasteiger partial charge in [0.2, 0.25) is 0 Å². The highest BCUT2D eigenvalue weighted by Crippen LogP contribution is 2.25. The molecule has 1 unspecified atom stereocenters. The maximum absolute atomic E-state index is 12.5. The van der Waals surface area contributed by atoms with Crippen molar-refractivity contribution in [2.45, 2.75) is 39.8 Å². The van der Waals surface area contributed by atoms with E-state index in [9.17, 15) is 4.79 Å². The quantitative estimate of drug-likeness (QED) is 0.721. The van der Waals surface area contributed by atoms with E-state index in [-0.39, 0.29) is 5.91 Å². The molecule has 28 heavy (non-hydrogen) atoms. The van der Waals surface area contributed by atoms with Gasteiger partial charge in [0.05, 0.1) is 11.3 Å². The Bertz CT molecular complexity index is 975. The van der Waals surface area contributed by atoms with Gasteiger partial charge in [0, 0.05) is 42.4 Å². The summed E-state index contributed by atoms with van der Waals surface area (Å²) >= 11 is 1.85. The number of rotatable bonds is 5. The molecule has 0 radical (unpaired) electrons. The van der Waals surface area contributed by atoms with Crippen LogP contribution in [0.2, 0.25) is 0 Å². The molecule has 0 spiro atoms. The lowest BCUT2D eigenvalue weighted by atomic mass is 10.1. The third kappa shape index (κ3) is 3.86. The summed E-state index contributed by atoms with van der Waals surface area (Å²) < 4.78 is 1.79. The minimum Gasteiger partial charge on any atom is -0.350 e. The molecule has 4 heterocycles. The number of fused-ring (bicyclic) bond motifs is 1. The van der Waals surface area contributed by atoms with Gasteiger partial charge in [-0.25, -0.2) is 9.67 Å². The lowest BCUT2D eigenvalue weighted by Gasteiger charge is -2.32. The highest BCUT2D eigenvalue weighted by molar-refractivity contribution is 7.10. The molecule has 0 saturated heterocycles. The van der Waals surface area contributed by atoms with Crippen LogP contribution in [-0.2, 0) is 13.0 Å². The van der Waals surface area contributed by atoms with Crippen molar-refractivity contribution in [1.29, 1.82) is 0 Å². The minimum absolute atomic E-state index is 0.0903. The van der Waals surface area contributed by atoms with E-state index in [1.807, 2.05) is 37.3 Å². The molecule has 1 atom stereocenters. The summed E-state index contributed by atoms with van der Waals surface area (Å²) in [7, 11) is 0. The highest BCUT2D eigenvalue weighted by Gasteiger charge is 2.22. The average Bonchev–Trinajstić information content (AvgIpc) is 3.30. The standard InChI is InChI=1S/C21H25N5OS/c1-14-10-15(2)26(24-14)20-5-4-17(12-22-20)21(27)23-11-16(3)25-8-6-19-18(13-25)7-9-28-19/h4-5,7,9-10,12,16H,6,8,11,13H2,1-3H3,(H,23,27). The molecular formula is C21H25N5OS. The lowest BCUT2D eigenvalue weighted by Crippen LogP contribution is -2.44. The first-order valence-corrected chi connectivity index (χ1v) is 10.5. The van der Waals surface area contributed by atoms with E-state index in [1.165, 1.54) is 10.4 Å². The number of pyridine rings is 1. The van der Waals surface area contributed by atoms with Gasteiger partial charge in [-0.1, -0.05) is 0 Å². The Hall–Kier alpha value is -2.51. The number of nitrogens with zero attached hydrogens (tertiary/aromatic N) is 4. The molecule has 3 aromatic heterocycles. The van der Waals surface area contributed by atoms with Crippen molar-refractivity contribution in [3.8, 4) is 5.82 Å². The van der Waals surface area contributed by atoms with Crippen LogP contribution in [0, 0.1) is 13.8 Å². The maximum atomic E-state index is 12.5. The zero-order chi connectivity index (χ0) is 19.7. The molecule has 7 heteroatoms. The average molecular weight is 396 g/mol. The molecule has 0 bridgehead atoms. The van der Waals surface area contributed by atoms with Gasteiger partial charge in [-0.3, -0.25) is 9.69 Å². The molecule has 1 aliphatic heterocycles. The van der Waals surface area contributed by atoms with Crippen LogP contribution >= 0.6 is 11.3 Å². The molecule has 0 aromatic carbocycles. The highest BCUT2D eigenvalue weighted by atomic mass is 32.1. The first-order chi connectivity index (χ1) is 13.5. The van der Waals surface area contributed by atoms with E-state index >= 15 is 0 Å². The Balaban J connectivity index is 1.34. The van der Waals surface area contributed by atoms with E-state index < -0.39 is 0 Å². The van der Waals surface area contributed by atoms with Crippen LogP contribution in [0.1, 0.15) is 39.1 Å². The Kier molecular flexibility index (Phi) is 5.28. The van der Waals surface area contributed by atoms with E-state index in [1.54, 1.807) is 16.9 Å². The summed E-state index contributed by atoms with van der Waals surface area (Å²) in [6, 6.07) is 8.15. The number of nitrogens with one attached hydrogen (secondary N) is 1. The van der Waals surface area contributed by atoms with Crippen molar-refractivity contribution in [1.82, 2.24) is 25.0 Å². The van der Waals surface area contributed by atoms with Crippen LogP contribution in [0.4, 0.5) is 0 Å². The third-order valence-corrected chi connectivity index (χ3v) is 6.28. The SMILES string of the molecule is Cc1cc(C)n(-c2ccc(C(=O)NCC(C)N3CCc4sccc4C3)cn2)n1.